The number of anilines is 1. The van der Waals surface area contributed by atoms with Crippen LogP contribution in [0.25, 0.3) is 11.0 Å². The van der Waals surface area contributed by atoms with E-state index in [4.69, 9.17) is 21.2 Å². The number of aryl methyl sites for hydroxylation is 1. The van der Waals surface area contributed by atoms with E-state index >= 15 is 0 Å². The van der Waals surface area contributed by atoms with Crippen LogP contribution < -0.4 is 20.9 Å². The van der Waals surface area contributed by atoms with Gasteiger partial charge in [0.05, 0.1) is 4.90 Å². The van der Waals surface area contributed by atoms with E-state index in [9.17, 15) is 21.6 Å². The lowest BCUT2D eigenvalue weighted by Gasteiger charge is -2.09. The molecule has 15 heteroatoms. The van der Waals surface area contributed by atoms with Gasteiger partial charge in [-0.1, -0.05) is 22.9 Å². The summed E-state index contributed by atoms with van der Waals surface area (Å²) < 4.78 is 57.6. The molecule has 2 heterocycles. The first-order valence-electron chi connectivity index (χ1n) is 9.36. The molecule has 0 atom stereocenters. The minimum Gasteiger partial charge on any atom is -0.423 e. The largest absolute Gasteiger partial charge is 0.423 e. The van der Waals surface area contributed by atoms with Gasteiger partial charge < -0.3 is 9.73 Å². The third kappa shape index (κ3) is 5.20. The molecule has 0 aliphatic rings. The topological polar surface area (TPSA) is 167 Å². The maximum Gasteiger partial charge on any atom is 0.336 e. The number of nitrogens with zero attached hydrogens (tertiary/aromatic N) is 3. The van der Waals surface area contributed by atoms with Gasteiger partial charge >= 0.3 is 5.63 Å². The molecule has 0 saturated heterocycles. The molecule has 4 rings (SSSR count). The number of aromatic nitrogens is 2. The maximum absolute atomic E-state index is 12.7. The van der Waals surface area contributed by atoms with Crippen molar-refractivity contribution in [3.05, 3.63) is 74.3 Å². The molecule has 0 fully saturated rings. The monoisotopic (exact) mass is 541 g/mol. The average Bonchev–Trinajstić information content (AvgIpc) is 3.12. The highest BCUT2D eigenvalue weighted by Gasteiger charge is 2.18. The molecule has 0 aliphatic heterocycles. The Morgan fingerprint density at radius 3 is 2.50 bits per heavy atom. The van der Waals surface area contributed by atoms with Gasteiger partial charge in [-0.15, -0.1) is 9.50 Å². The lowest BCUT2D eigenvalue weighted by molar-refractivity contribution is 0.559. The number of primary sulfonamides is 1. The second kappa shape index (κ2) is 8.96. The highest BCUT2D eigenvalue weighted by Crippen LogP contribution is 2.23. The van der Waals surface area contributed by atoms with Crippen molar-refractivity contribution in [1.29, 1.82) is 0 Å². The number of sulfonamides is 2. The fourth-order valence-corrected chi connectivity index (χ4v) is 5.90. The molecular formula is C19H16ClN5O6S3. The number of hydrogen-bond donors (Lipinski definition) is 2. The predicted octanol–water partition coefficient (Wildman–Crippen LogP) is 1.79. The van der Waals surface area contributed by atoms with Gasteiger partial charge in [-0.3, -0.25) is 0 Å². The lowest BCUT2D eigenvalue weighted by atomic mass is 10.1. The van der Waals surface area contributed by atoms with Gasteiger partial charge in [0, 0.05) is 41.8 Å². The van der Waals surface area contributed by atoms with Crippen LogP contribution in [0.3, 0.4) is 0 Å². The number of rotatable bonds is 6. The minimum atomic E-state index is -4.15. The van der Waals surface area contributed by atoms with Crippen LogP contribution in [0, 0.1) is 0 Å². The van der Waals surface area contributed by atoms with Gasteiger partial charge in [0.1, 0.15) is 5.58 Å². The van der Waals surface area contributed by atoms with Crippen molar-refractivity contribution >= 4 is 59.6 Å². The van der Waals surface area contributed by atoms with Gasteiger partial charge in [-0.2, -0.15) is 8.42 Å². The predicted molar refractivity (Wildman–Crippen MR) is 126 cm³/mol. The first kappa shape index (κ1) is 24.1. The maximum atomic E-state index is 12.7. The second-order valence-electron chi connectivity index (χ2n) is 6.99. The molecule has 0 spiro atoms. The fraction of sp³-hybridized carbons (Fsp3) is 0.105. The minimum absolute atomic E-state index is 0.107. The fourth-order valence-electron chi connectivity index (χ4n) is 2.97. The third-order valence-electron chi connectivity index (χ3n) is 4.56. The summed E-state index contributed by atoms with van der Waals surface area (Å²) in [5.74, 6) is 0. The van der Waals surface area contributed by atoms with Crippen LogP contribution in [0.2, 0.25) is 5.02 Å². The molecular weight excluding hydrogens is 526 g/mol. The summed E-state index contributed by atoms with van der Waals surface area (Å²) >= 11 is 6.50. The van der Waals surface area contributed by atoms with Crippen LogP contribution in [0.15, 0.2) is 71.4 Å². The Kier molecular flexibility index (Phi) is 6.35. The Bertz CT molecular complexity index is 1740. The Labute approximate surface area is 202 Å². The summed E-state index contributed by atoms with van der Waals surface area (Å²) in [6.45, 7) is 0.271. The molecule has 0 aliphatic carbocycles. The standard InChI is InChI=1S/C19H16ClN5O6S3/c1-25-18(32-19(23-25)33(21,27)28)24-34(29,30)14-5-3-13(4-6-14)22-10-11-8-17(26)31-16-9-12(20)2-7-15(11)16/h2-9,22H,10H2,1H3,(H2,21,27,28)/b24-18-. The van der Waals surface area contributed by atoms with E-state index in [1.54, 1.807) is 18.2 Å². The summed E-state index contributed by atoms with van der Waals surface area (Å²) in [6, 6.07) is 12.1. The number of nitrogens with two attached hydrogens (primary N) is 1. The van der Waals surface area contributed by atoms with E-state index in [0.29, 0.717) is 38.6 Å². The number of nitrogens with one attached hydrogen (secondary N) is 1. The van der Waals surface area contributed by atoms with Crippen molar-refractivity contribution in [2.24, 2.45) is 16.6 Å². The Hall–Kier alpha value is -3.04. The van der Waals surface area contributed by atoms with Crippen LogP contribution in [-0.2, 0) is 33.6 Å². The van der Waals surface area contributed by atoms with E-state index < -0.39 is 30.0 Å². The Morgan fingerprint density at radius 2 is 1.85 bits per heavy atom. The summed E-state index contributed by atoms with van der Waals surface area (Å²) in [5, 5.41) is 13.0. The summed E-state index contributed by atoms with van der Waals surface area (Å²) in [5.41, 5.74) is 1.12. The molecule has 178 valence electrons. The Morgan fingerprint density at radius 1 is 1.15 bits per heavy atom. The van der Waals surface area contributed by atoms with Crippen molar-refractivity contribution in [2.45, 2.75) is 15.8 Å². The van der Waals surface area contributed by atoms with Crippen molar-refractivity contribution in [1.82, 2.24) is 9.78 Å². The molecule has 0 unspecified atom stereocenters. The molecule has 0 amide bonds. The third-order valence-corrected chi connectivity index (χ3v) is 8.50. The van der Waals surface area contributed by atoms with E-state index in [1.807, 2.05) is 0 Å². The number of fused-ring (bicyclic) bond motifs is 1. The highest BCUT2D eigenvalue weighted by molar-refractivity contribution is 7.91. The van der Waals surface area contributed by atoms with Crippen LogP contribution >= 0.6 is 22.9 Å². The van der Waals surface area contributed by atoms with E-state index in [0.717, 1.165) is 4.68 Å². The second-order valence-corrected chi connectivity index (χ2v) is 11.7. The van der Waals surface area contributed by atoms with Gasteiger partial charge in [0.15, 0.2) is 0 Å². The Balaban J connectivity index is 1.57. The normalized spacial score (nSPS) is 12.9. The highest BCUT2D eigenvalue weighted by atomic mass is 35.5. The SMILES string of the molecule is Cn1nc(S(N)(=O)=O)s/c1=N\S(=O)(=O)c1ccc(NCc2cc(=O)oc3cc(Cl)ccc23)cc1. The van der Waals surface area contributed by atoms with Crippen molar-refractivity contribution in [3.8, 4) is 0 Å². The van der Waals surface area contributed by atoms with E-state index in [-0.39, 0.29) is 16.2 Å². The molecule has 34 heavy (non-hydrogen) atoms. The van der Waals surface area contributed by atoms with Crippen molar-refractivity contribution < 1.29 is 21.3 Å². The molecule has 0 saturated carbocycles. The van der Waals surface area contributed by atoms with Crippen LogP contribution in [0.4, 0.5) is 5.69 Å². The average molecular weight is 542 g/mol. The molecule has 0 radical (unpaired) electrons. The van der Waals surface area contributed by atoms with Crippen molar-refractivity contribution in [3.63, 3.8) is 0 Å². The summed E-state index contributed by atoms with van der Waals surface area (Å²) in [6.07, 6.45) is 0. The number of halogens is 1. The summed E-state index contributed by atoms with van der Waals surface area (Å²) in [4.78, 5) is 11.6. The molecule has 4 aromatic rings. The molecule has 0 bridgehead atoms. The quantitative estimate of drug-likeness (QED) is 0.348. The van der Waals surface area contributed by atoms with Crippen LogP contribution in [0.1, 0.15) is 5.56 Å². The molecule has 2 aromatic heterocycles. The molecule has 2 aromatic carbocycles. The zero-order valence-corrected chi connectivity index (χ0v) is 20.5. The first-order valence-corrected chi connectivity index (χ1v) is 13.5. The smallest absolute Gasteiger partial charge is 0.336 e. The number of hydrogen-bond acceptors (Lipinski definition) is 9. The number of benzene rings is 2. The lowest BCUT2D eigenvalue weighted by Crippen LogP contribution is -2.15. The van der Waals surface area contributed by atoms with E-state index in [2.05, 4.69) is 14.8 Å². The zero-order chi connectivity index (χ0) is 24.7. The first-order chi connectivity index (χ1) is 15.9. The molecule has 11 nitrogen and oxygen atoms in total. The zero-order valence-electron chi connectivity index (χ0n) is 17.3. The van der Waals surface area contributed by atoms with Gasteiger partial charge in [0.2, 0.25) is 9.14 Å². The van der Waals surface area contributed by atoms with Crippen molar-refractivity contribution in [2.75, 3.05) is 5.32 Å². The van der Waals surface area contributed by atoms with Gasteiger partial charge in [-0.05, 0) is 42.0 Å². The van der Waals surface area contributed by atoms with Gasteiger partial charge in [-0.25, -0.2) is 23.0 Å². The van der Waals surface area contributed by atoms with Crippen LogP contribution in [-0.4, -0.2) is 26.6 Å². The van der Waals surface area contributed by atoms with Crippen LogP contribution in [0.5, 0.6) is 0 Å². The van der Waals surface area contributed by atoms with E-state index in [1.165, 1.54) is 37.4 Å². The molecule has 3 N–H and O–H groups in total. The van der Waals surface area contributed by atoms with Gasteiger partial charge in [0.25, 0.3) is 20.0 Å². The summed E-state index contributed by atoms with van der Waals surface area (Å²) in [7, 11) is -6.88.